The maximum absolute atomic E-state index is 13.1. The molecule has 1 atom stereocenters. The Balaban J connectivity index is 2.14. The first-order valence-electron chi connectivity index (χ1n) is 8.75. The normalized spacial score (nSPS) is 20.3. The van der Waals surface area contributed by atoms with E-state index in [-0.39, 0.29) is 17.8 Å². The topological polar surface area (TPSA) is 49.6 Å². The molecule has 0 spiro atoms. The van der Waals surface area contributed by atoms with Crippen LogP contribution in [0.3, 0.4) is 0 Å². The van der Waals surface area contributed by atoms with Gasteiger partial charge in [0.2, 0.25) is 5.91 Å². The molecular weight excluding hydrogens is 305 g/mol. The molecule has 1 aliphatic rings. The van der Waals surface area contributed by atoms with Gasteiger partial charge < -0.3 is 10.6 Å². The predicted molar refractivity (Wildman–Crippen MR) is 94.9 cm³/mol. The van der Waals surface area contributed by atoms with E-state index in [1.807, 2.05) is 17.0 Å². The molecule has 1 saturated heterocycles. The van der Waals surface area contributed by atoms with Crippen LogP contribution >= 0.6 is 0 Å². The fourth-order valence-electron chi connectivity index (χ4n) is 3.31. The maximum atomic E-state index is 13.1. The Morgan fingerprint density at radius 2 is 1.92 bits per heavy atom. The van der Waals surface area contributed by atoms with Crippen molar-refractivity contribution in [3.63, 3.8) is 0 Å². The molecule has 5 heteroatoms. The lowest BCUT2D eigenvalue weighted by atomic mass is 9.99. The smallest absolute Gasteiger partial charge is 0.242 e. The summed E-state index contributed by atoms with van der Waals surface area (Å²) in [6.45, 7) is 11.0. The zero-order chi connectivity index (χ0) is 17.9. The van der Waals surface area contributed by atoms with Gasteiger partial charge in [0, 0.05) is 32.2 Å². The fourth-order valence-corrected chi connectivity index (χ4v) is 3.31. The molecule has 1 aromatic carbocycles. The van der Waals surface area contributed by atoms with Crippen LogP contribution in [0.2, 0.25) is 0 Å². The molecule has 1 aromatic rings. The van der Waals surface area contributed by atoms with Gasteiger partial charge in [-0.15, -0.1) is 0 Å². The lowest BCUT2D eigenvalue weighted by Gasteiger charge is -2.36. The number of rotatable bonds is 4. The second kappa shape index (κ2) is 7.62. The van der Waals surface area contributed by atoms with Crippen molar-refractivity contribution in [2.75, 3.05) is 19.6 Å². The number of halogens is 1. The number of hydrogen-bond acceptors (Lipinski definition) is 3. The van der Waals surface area contributed by atoms with Gasteiger partial charge in [0.05, 0.1) is 5.54 Å². The Morgan fingerprint density at radius 3 is 2.46 bits per heavy atom. The van der Waals surface area contributed by atoms with Crippen molar-refractivity contribution < 1.29 is 9.18 Å². The average molecular weight is 335 g/mol. The van der Waals surface area contributed by atoms with Crippen molar-refractivity contribution in [3.05, 3.63) is 35.6 Å². The van der Waals surface area contributed by atoms with E-state index in [0.29, 0.717) is 12.5 Å². The van der Waals surface area contributed by atoms with Gasteiger partial charge in [-0.3, -0.25) is 9.69 Å². The van der Waals surface area contributed by atoms with Crippen molar-refractivity contribution >= 4 is 5.91 Å². The monoisotopic (exact) mass is 335 g/mol. The van der Waals surface area contributed by atoms with Crippen LogP contribution in [0.1, 0.15) is 39.7 Å². The fraction of sp³-hybridized carbons (Fsp3) is 0.632. The quantitative estimate of drug-likeness (QED) is 0.920. The van der Waals surface area contributed by atoms with E-state index in [0.717, 1.165) is 31.6 Å². The number of amides is 1. The summed E-state index contributed by atoms with van der Waals surface area (Å²) in [5.41, 5.74) is 6.27. The van der Waals surface area contributed by atoms with Crippen molar-refractivity contribution in [2.45, 2.75) is 52.2 Å². The molecule has 0 unspecified atom stereocenters. The molecule has 0 aromatic heterocycles. The van der Waals surface area contributed by atoms with Crippen LogP contribution in [0.25, 0.3) is 0 Å². The van der Waals surface area contributed by atoms with Crippen LogP contribution < -0.4 is 5.73 Å². The number of nitrogens with two attached hydrogens (primary N) is 1. The molecule has 0 bridgehead atoms. The highest BCUT2D eigenvalue weighted by Gasteiger charge is 2.33. The standard InChI is InChI=1S/C19H30FN3O/c1-14(2)17-13-23(18(24)19(3,4)21)11-5-10-22(17)12-15-6-8-16(20)9-7-15/h6-9,14,17H,5,10-13,21H2,1-4H3/t17-/m1/s1. The number of hydrogen-bond donors (Lipinski definition) is 1. The van der Waals surface area contributed by atoms with Crippen LogP contribution in [-0.4, -0.2) is 46.9 Å². The molecule has 134 valence electrons. The van der Waals surface area contributed by atoms with Gasteiger partial charge in [0.25, 0.3) is 0 Å². The summed E-state index contributed by atoms with van der Waals surface area (Å²) in [4.78, 5) is 16.9. The molecule has 2 rings (SSSR count). The highest BCUT2D eigenvalue weighted by atomic mass is 19.1. The van der Waals surface area contributed by atoms with Crippen LogP contribution in [0.5, 0.6) is 0 Å². The third-order valence-corrected chi connectivity index (χ3v) is 4.66. The first-order valence-corrected chi connectivity index (χ1v) is 8.75. The second-order valence-electron chi connectivity index (χ2n) is 7.73. The third-order valence-electron chi connectivity index (χ3n) is 4.66. The molecular formula is C19H30FN3O. The van der Waals surface area contributed by atoms with Crippen molar-refractivity contribution in [1.82, 2.24) is 9.80 Å². The summed E-state index contributed by atoms with van der Waals surface area (Å²) >= 11 is 0. The SMILES string of the molecule is CC(C)[C@H]1CN(C(=O)C(C)(C)N)CCCN1Cc1ccc(F)cc1. The minimum absolute atomic E-state index is 0.0109. The van der Waals surface area contributed by atoms with Gasteiger partial charge in [0.1, 0.15) is 5.82 Å². The van der Waals surface area contributed by atoms with Crippen LogP contribution in [0.4, 0.5) is 4.39 Å². The lowest BCUT2D eigenvalue weighted by Crippen LogP contribution is -2.54. The number of carbonyl (C=O) groups excluding carboxylic acids is 1. The summed E-state index contributed by atoms with van der Waals surface area (Å²) in [5, 5.41) is 0. The highest BCUT2D eigenvalue weighted by molar-refractivity contribution is 5.85. The van der Waals surface area contributed by atoms with Crippen molar-refractivity contribution in [1.29, 1.82) is 0 Å². The summed E-state index contributed by atoms with van der Waals surface area (Å²) < 4.78 is 13.1. The Labute approximate surface area is 144 Å². The minimum Gasteiger partial charge on any atom is -0.339 e. The van der Waals surface area contributed by atoms with E-state index < -0.39 is 5.54 Å². The van der Waals surface area contributed by atoms with Gasteiger partial charge in [-0.05, 0) is 43.9 Å². The second-order valence-corrected chi connectivity index (χ2v) is 7.73. The van der Waals surface area contributed by atoms with Gasteiger partial charge in [-0.25, -0.2) is 4.39 Å². The lowest BCUT2D eigenvalue weighted by molar-refractivity contribution is -0.136. The Morgan fingerprint density at radius 1 is 1.29 bits per heavy atom. The summed E-state index contributed by atoms with van der Waals surface area (Å²) in [5.74, 6) is 0.216. The van der Waals surface area contributed by atoms with Gasteiger partial charge >= 0.3 is 0 Å². The first-order chi connectivity index (χ1) is 11.2. The molecule has 1 heterocycles. The largest absolute Gasteiger partial charge is 0.339 e. The van der Waals surface area contributed by atoms with Crippen LogP contribution in [0.15, 0.2) is 24.3 Å². The molecule has 24 heavy (non-hydrogen) atoms. The van der Waals surface area contributed by atoms with Gasteiger partial charge in [-0.1, -0.05) is 26.0 Å². The number of carbonyl (C=O) groups is 1. The molecule has 0 radical (unpaired) electrons. The minimum atomic E-state index is -0.840. The van der Waals surface area contributed by atoms with E-state index in [9.17, 15) is 9.18 Å². The van der Waals surface area contributed by atoms with E-state index in [1.165, 1.54) is 12.1 Å². The van der Waals surface area contributed by atoms with Crippen molar-refractivity contribution in [2.24, 2.45) is 11.7 Å². The van der Waals surface area contributed by atoms with Gasteiger partial charge in [-0.2, -0.15) is 0 Å². The summed E-state index contributed by atoms with van der Waals surface area (Å²) in [6, 6.07) is 6.95. The Hall–Kier alpha value is -1.46. The summed E-state index contributed by atoms with van der Waals surface area (Å²) in [7, 11) is 0. The number of nitrogens with zero attached hydrogens (tertiary/aromatic N) is 2. The molecule has 0 saturated carbocycles. The molecule has 2 N–H and O–H groups in total. The molecule has 4 nitrogen and oxygen atoms in total. The van der Waals surface area contributed by atoms with Crippen LogP contribution in [-0.2, 0) is 11.3 Å². The molecule has 0 aliphatic carbocycles. The molecule has 1 aliphatic heterocycles. The van der Waals surface area contributed by atoms with Gasteiger partial charge in [0.15, 0.2) is 0 Å². The van der Waals surface area contributed by atoms with E-state index in [1.54, 1.807) is 13.8 Å². The van der Waals surface area contributed by atoms with Crippen LogP contribution in [0, 0.1) is 11.7 Å². The maximum Gasteiger partial charge on any atom is 0.242 e. The first kappa shape index (κ1) is 18.9. The number of benzene rings is 1. The highest BCUT2D eigenvalue weighted by Crippen LogP contribution is 2.21. The Bertz CT molecular complexity index is 551. The summed E-state index contributed by atoms with van der Waals surface area (Å²) in [6.07, 6.45) is 0.923. The average Bonchev–Trinajstić information content (AvgIpc) is 2.70. The third kappa shape index (κ3) is 4.77. The Kier molecular flexibility index (Phi) is 5.99. The van der Waals surface area contributed by atoms with Crippen molar-refractivity contribution in [3.8, 4) is 0 Å². The van der Waals surface area contributed by atoms with E-state index in [2.05, 4.69) is 18.7 Å². The van der Waals surface area contributed by atoms with E-state index in [4.69, 9.17) is 5.73 Å². The predicted octanol–water partition coefficient (Wildman–Crippen LogP) is 2.62. The molecule has 1 amide bonds. The molecule has 1 fully saturated rings. The zero-order valence-electron chi connectivity index (χ0n) is 15.3. The zero-order valence-corrected chi connectivity index (χ0v) is 15.3. The van der Waals surface area contributed by atoms with E-state index >= 15 is 0 Å².